The molecule has 0 aliphatic heterocycles. The van der Waals surface area contributed by atoms with Gasteiger partial charge in [-0.3, -0.25) is 4.79 Å². The number of amides is 1. The predicted octanol–water partition coefficient (Wildman–Crippen LogP) is 3.44. The third-order valence-corrected chi connectivity index (χ3v) is 6.82. The molecule has 0 spiro atoms. The lowest BCUT2D eigenvalue weighted by Crippen LogP contribution is -2.53. The molecule has 0 unspecified atom stereocenters. The van der Waals surface area contributed by atoms with Crippen LogP contribution in [-0.2, 0) is 19.1 Å². The third-order valence-electron chi connectivity index (χ3n) is 6.82. The Bertz CT molecular complexity index is 1140. The molecule has 184 valence electrons. The standard InChI is InChI=1S/C27H29NO7/c1-15-5-3-7-19(11-15)26(32)34-22(24(29)28-21-14-17-9-10-18(21)13-17)23(25(30)31)35-27(33)20-8-4-6-16(2)12-20/h3-8,11-12,17-18,21-23H,9-10,13-14H2,1-2H3,(H,28,29)(H,30,31)/t17-,18-,21-,22+,23-/m0/s1. The Kier molecular flexibility index (Phi) is 7.19. The number of esters is 2. The Morgan fingerprint density at radius 3 is 1.89 bits per heavy atom. The van der Waals surface area contributed by atoms with E-state index in [9.17, 15) is 24.3 Å². The van der Waals surface area contributed by atoms with E-state index in [1.54, 1.807) is 50.2 Å². The van der Waals surface area contributed by atoms with Crippen molar-refractivity contribution >= 4 is 23.8 Å². The summed E-state index contributed by atoms with van der Waals surface area (Å²) in [4.78, 5) is 51.1. The first kappa shape index (κ1) is 24.4. The molecule has 0 saturated heterocycles. The third kappa shape index (κ3) is 5.70. The monoisotopic (exact) mass is 479 g/mol. The maximum absolute atomic E-state index is 13.3. The van der Waals surface area contributed by atoms with Crippen LogP contribution in [0.15, 0.2) is 48.5 Å². The smallest absolute Gasteiger partial charge is 0.349 e. The fourth-order valence-electron chi connectivity index (χ4n) is 5.09. The number of carboxylic acid groups (broad SMARTS) is 1. The Balaban J connectivity index is 1.58. The second kappa shape index (κ2) is 10.3. The topological polar surface area (TPSA) is 119 Å². The van der Waals surface area contributed by atoms with Gasteiger partial charge in [0, 0.05) is 6.04 Å². The maximum atomic E-state index is 13.3. The highest BCUT2D eigenvalue weighted by Gasteiger charge is 2.45. The lowest BCUT2D eigenvalue weighted by atomic mass is 9.95. The largest absolute Gasteiger partial charge is 0.478 e. The highest BCUT2D eigenvalue weighted by molar-refractivity contribution is 5.97. The summed E-state index contributed by atoms with van der Waals surface area (Å²) in [6.07, 6.45) is 0.0609. The lowest BCUT2D eigenvalue weighted by Gasteiger charge is -2.28. The molecule has 0 aromatic heterocycles. The van der Waals surface area contributed by atoms with E-state index < -0.39 is 36.0 Å². The van der Waals surface area contributed by atoms with E-state index in [0.717, 1.165) is 36.8 Å². The summed E-state index contributed by atoms with van der Waals surface area (Å²) >= 11 is 0. The minimum Gasteiger partial charge on any atom is -0.478 e. The summed E-state index contributed by atoms with van der Waals surface area (Å²) in [5.41, 5.74) is 1.87. The number of ether oxygens (including phenoxy) is 2. The normalized spacial score (nSPS) is 22.2. The summed E-state index contributed by atoms with van der Waals surface area (Å²) in [6, 6.07) is 12.9. The number of rotatable bonds is 8. The van der Waals surface area contributed by atoms with Crippen LogP contribution in [0.3, 0.4) is 0 Å². The second-order valence-corrected chi connectivity index (χ2v) is 9.52. The van der Waals surface area contributed by atoms with Crippen molar-refractivity contribution in [3.05, 3.63) is 70.8 Å². The predicted molar refractivity (Wildman–Crippen MR) is 126 cm³/mol. The molecule has 2 aliphatic carbocycles. The van der Waals surface area contributed by atoms with Gasteiger partial charge in [0.2, 0.25) is 12.2 Å². The molecule has 4 rings (SSSR count). The van der Waals surface area contributed by atoms with E-state index in [0.29, 0.717) is 11.8 Å². The molecule has 1 amide bonds. The zero-order valence-electron chi connectivity index (χ0n) is 19.7. The van der Waals surface area contributed by atoms with Crippen molar-refractivity contribution in [2.75, 3.05) is 0 Å². The van der Waals surface area contributed by atoms with Crippen molar-refractivity contribution in [3.63, 3.8) is 0 Å². The van der Waals surface area contributed by atoms with E-state index in [1.807, 2.05) is 0 Å². The molecule has 2 aromatic rings. The minimum atomic E-state index is -2.02. The summed E-state index contributed by atoms with van der Waals surface area (Å²) in [5.74, 6) is -3.32. The van der Waals surface area contributed by atoms with Crippen molar-refractivity contribution in [1.29, 1.82) is 0 Å². The first-order valence-electron chi connectivity index (χ1n) is 11.8. The number of carbonyl (C=O) groups is 4. The lowest BCUT2D eigenvalue weighted by molar-refractivity contribution is -0.159. The van der Waals surface area contributed by atoms with Gasteiger partial charge in [-0.25, -0.2) is 14.4 Å². The summed E-state index contributed by atoms with van der Waals surface area (Å²) < 4.78 is 10.7. The fourth-order valence-corrected chi connectivity index (χ4v) is 5.09. The van der Waals surface area contributed by atoms with Gasteiger partial charge in [-0.15, -0.1) is 0 Å². The fraction of sp³-hybridized carbons (Fsp3) is 0.407. The molecule has 8 heteroatoms. The average Bonchev–Trinajstić information content (AvgIpc) is 3.44. The highest BCUT2D eigenvalue weighted by atomic mass is 16.6. The first-order valence-corrected chi connectivity index (χ1v) is 11.8. The van der Waals surface area contributed by atoms with E-state index in [2.05, 4.69) is 5.32 Å². The van der Waals surface area contributed by atoms with Crippen LogP contribution < -0.4 is 5.32 Å². The summed E-state index contributed by atoms with van der Waals surface area (Å²) in [7, 11) is 0. The molecule has 2 N–H and O–H groups in total. The number of aryl methyl sites for hydroxylation is 2. The zero-order chi connectivity index (χ0) is 25.1. The number of carbonyl (C=O) groups excluding carboxylic acids is 3. The van der Waals surface area contributed by atoms with Crippen LogP contribution in [0.25, 0.3) is 0 Å². The van der Waals surface area contributed by atoms with Gasteiger partial charge in [0.15, 0.2) is 0 Å². The van der Waals surface area contributed by atoms with Crippen molar-refractivity contribution in [2.45, 2.75) is 57.8 Å². The Morgan fingerprint density at radius 1 is 0.857 bits per heavy atom. The molecule has 8 nitrogen and oxygen atoms in total. The van der Waals surface area contributed by atoms with Crippen LogP contribution in [0.1, 0.15) is 57.5 Å². The summed E-state index contributed by atoms with van der Waals surface area (Å²) in [5, 5.41) is 12.8. The average molecular weight is 480 g/mol. The number of aliphatic carboxylic acids is 1. The molecule has 2 fully saturated rings. The van der Waals surface area contributed by atoms with Gasteiger partial charge in [0.25, 0.3) is 5.91 Å². The van der Waals surface area contributed by atoms with Crippen LogP contribution in [0.4, 0.5) is 0 Å². The quantitative estimate of drug-likeness (QED) is 0.557. The van der Waals surface area contributed by atoms with Crippen LogP contribution in [0, 0.1) is 25.7 Å². The van der Waals surface area contributed by atoms with E-state index in [1.165, 1.54) is 12.1 Å². The van der Waals surface area contributed by atoms with Gasteiger partial charge in [-0.05, 0) is 69.2 Å². The number of carboxylic acids is 1. The highest BCUT2D eigenvalue weighted by Crippen LogP contribution is 2.44. The number of fused-ring (bicyclic) bond motifs is 2. The summed E-state index contributed by atoms with van der Waals surface area (Å²) in [6.45, 7) is 3.57. The Morgan fingerprint density at radius 2 is 1.43 bits per heavy atom. The Labute approximate surface area is 203 Å². The SMILES string of the molecule is Cc1cccc(C(=O)O[C@H](C(=O)O)[C@@H](OC(=O)c2cccc(C)c2)C(=O)N[C@H]2C[C@H]3CC[C@H]2C3)c1. The molecule has 35 heavy (non-hydrogen) atoms. The maximum Gasteiger partial charge on any atom is 0.349 e. The van der Waals surface area contributed by atoms with Crippen LogP contribution in [0.2, 0.25) is 0 Å². The minimum absolute atomic E-state index is 0.122. The van der Waals surface area contributed by atoms with E-state index in [-0.39, 0.29) is 17.2 Å². The number of nitrogens with one attached hydrogen (secondary N) is 1. The second-order valence-electron chi connectivity index (χ2n) is 9.52. The molecule has 0 radical (unpaired) electrons. The van der Waals surface area contributed by atoms with Crippen molar-refractivity contribution < 1.29 is 33.8 Å². The Hall–Kier alpha value is -3.68. The van der Waals surface area contributed by atoms with Crippen LogP contribution in [0.5, 0.6) is 0 Å². The van der Waals surface area contributed by atoms with Crippen molar-refractivity contribution in [1.82, 2.24) is 5.32 Å². The number of hydrogen-bond acceptors (Lipinski definition) is 6. The first-order chi connectivity index (χ1) is 16.7. The van der Waals surface area contributed by atoms with Crippen LogP contribution in [-0.4, -0.2) is 47.2 Å². The van der Waals surface area contributed by atoms with Gasteiger partial charge in [-0.1, -0.05) is 41.8 Å². The van der Waals surface area contributed by atoms with E-state index >= 15 is 0 Å². The molecule has 5 atom stereocenters. The van der Waals surface area contributed by atoms with Gasteiger partial charge in [0.1, 0.15) is 0 Å². The van der Waals surface area contributed by atoms with Gasteiger partial charge >= 0.3 is 17.9 Å². The molecule has 2 aromatic carbocycles. The van der Waals surface area contributed by atoms with E-state index in [4.69, 9.17) is 9.47 Å². The zero-order valence-corrected chi connectivity index (χ0v) is 19.7. The van der Waals surface area contributed by atoms with Gasteiger partial charge in [0.05, 0.1) is 11.1 Å². The molecule has 2 saturated carbocycles. The molecule has 2 bridgehead atoms. The molecule has 2 aliphatic rings. The number of benzene rings is 2. The van der Waals surface area contributed by atoms with Crippen molar-refractivity contribution in [3.8, 4) is 0 Å². The van der Waals surface area contributed by atoms with Crippen molar-refractivity contribution in [2.24, 2.45) is 11.8 Å². The molecular weight excluding hydrogens is 450 g/mol. The van der Waals surface area contributed by atoms with Gasteiger partial charge in [-0.2, -0.15) is 0 Å². The molecular formula is C27H29NO7. The van der Waals surface area contributed by atoms with Gasteiger partial charge < -0.3 is 19.9 Å². The van der Waals surface area contributed by atoms with Crippen LogP contribution >= 0.6 is 0 Å². The number of hydrogen-bond donors (Lipinski definition) is 2. The molecule has 0 heterocycles.